The maximum absolute atomic E-state index is 12.4. The van der Waals surface area contributed by atoms with Gasteiger partial charge in [0.05, 0.1) is 131 Å². The van der Waals surface area contributed by atoms with Gasteiger partial charge in [0.25, 0.3) is 0 Å². The molecule has 0 fully saturated rings. The van der Waals surface area contributed by atoms with Crippen LogP contribution in [0.3, 0.4) is 0 Å². The topological polar surface area (TPSA) is 179 Å². The van der Waals surface area contributed by atoms with E-state index in [0.29, 0.717) is 176 Å². The number of carbonyl (C=O) groups is 1. The lowest BCUT2D eigenvalue weighted by atomic mass is 10.1. The Kier molecular flexibility index (Phi) is 34.0. The van der Waals surface area contributed by atoms with Gasteiger partial charge in [-0.15, -0.1) is 0 Å². The van der Waals surface area contributed by atoms with Crippen molar-refractivity contribution >= 4 is 11.7 Å². The van der Waals surface area contributed by atoms with Gasteiger partial charge in [0.15, 0.2) is 0 Å². The number of methoxy groups -OCH3 is 3. The summed E-state index contributed by atoms with van der Waals surface area (Å²) >= 11 is 0. The molecule has 17 heteroatoms. The van der Waals surface area contributed by atoms with Crippen molar-refractivity contribution in [3.8, 4) is 17.2 Å². The van der Waals surface area contributed by atoms with Gasteiger partial charge in [-0.3, -0.25) is 0 Å². The van der Waals surface area contributed by atoms with Crippen LogP contribution >= 0.6 is 0 Å². The van der Waals surface area contributed by atoms with Gasteiger partial charge in [-0.1, -0.05) is 12.1 Å². The molecule has 0 saturated carbocycles. The van der Waals surface area contributed by atoms with E-state index < -0.39 is 5.97 Å². The number of carboxylic acids is 1. The van der Waals surface area contributed by atoms with Crippen LogP contribution in [0.4, 0.5) is 5.69 Å². The molecule has 0 radical (unpaired) electrons. The molecule has 2 N–H and O–H groups in total. The molecule has 0 amide bonds. The molecule has 2 rings (SSSR count). The molecule has 0 atom stereocenters. The average Bonchev–Trinajstić information content (AvgIpc) is 3.25. The van der Waals surface area contributed by atoms with Crippen LogP contribution in [0.2, 0.25) is 0 Å². The minimum absolute atomic E-state index is 0.0362. The van der Waals surface area contributed by atoms with Gasteiger partial charge in [-0.25, -0.2) is 4.79 Å². The fraction of sp³-hybridized carbons (Fsp3) is 0.698. The molecule has 2 aromatic rings. The molecule has 0 aromatic heterocycles. The molecule has 0 aliphatic heterocycles. The largest absolute Gasteiger partial charge is 0.493 e. The molecule has 0 aliphatic carbocycles. The van der Waals surface area contributed by atoms with Gasteiger partial charge in [-0.2, -0.15) is 0 Å². The number of nitrogens with one attached hydrogen (secondary N) is 1. The van der Waals surface area contributed by atoms with E-state index in [-0.39, 0.29) is 11.3 Å². The quantitative estimate of drug-likeness (QED) is 0.0871. The normalized spacial score (nSPS) is 11.2. The first-order chi connectivity index (χ1) is 29.6. The molecule has 17 nitrogen and oxygen atoms in total. The number of hydrogen-bond donors (Lipinski definition) is 2. The highest BCUT2D eigenvalue weighted by atomic mass is 16.6. The van der Waals surface area contributed by atoms with Crippen LogP contribution in [0, 0.1) is 0 Å². The molecular formula is C43H71NO16. The van der Waals surface area contributed by atoms with Crippen LogP contribution in [0.1, 0.15) is 41.6 Å². The summed E-state index contributed by atoms with van der Waals surface area (Å²) in [6.07, 6.45) is 2.92. The number of hydrogen-bond acceptors (Lipinski definition) is 16. The molecule has 0 saturated heterocycles. The molecule has 0 aliphatic rings. The molecule has 0 heterocycles. The summed E-state index contributed by atoms with van der Waals surface area (Å²) in [6, 6.07) is 10.9. The van der Waals surface area contributed by atoms with Crippen LogP contribution < -0.4 is 19.5 Å². The number of aromatic carboxylic acids is 1. The fourth-order valence-corrected chi connectivity index (χ4v) is 5.03. The van der Waals surface area contributed by atoms with Crippen LogP contribution in [0.25, 0.3) is 0 Å². The second-order valence-electron chi connectivity index (χ2n) is 13.0. The Morgan fingerprint density at radius 3 is 1.27 bits per heavy atom. The van der Waals surface area contributed by atoms with Gasteiger partial charge in [0, 0.05) is 47.2 Å². The zero-order valence-corrected chi connectivity index (χ0v) is 36.1. The molecule has 0 spiro atoms. The van der Waals surface area contributed by atoms with E-state index in [9.17, 15) is 9.90 Å². The summed E-state index contributed by atoms with van der Waals surface area (Å²) in [5.74, 6) is 0.347. The van der Waals surface area contributed by atoms with Crippen molar-refractivity contribution < 1.29 is 76.2 Å². The smallest absolute Gasteiger partial charge is 0.339 e. The van der Waals surface area contributed by atoms with E-state index in [1.807, 2.05) is 24.3 Å². The minimum atomic E-state index is -1.10. The average molecular weight is 858 g/mol. The Morgan fingerprint density at radius 2 is 0.833 bits per heavy atom. The lowest BCUT2D eigenvalue weighted by Crippen LogP contribution is -2.12. The zero-order valence-electron chi connectivity index (χ0n) is 36.1. The first-order valence-corrected chi connectivity index (χ1v) is 20.8. The van der Waals surface area contributed by atoms with E-state index in [0.717, 1.165) is 24.8 Å². The number of benzene rings is 2. The summed E-state index contributed by atoms with van der Waals surface area (Å²) in [5, 5.41) is 13.5. The van der Waals surface area contributed by atoms with Crippen molar-refractivity contribution in [2.45, 2.75) is 32.2 Å². The summed E-state index contributed by atoms with van der Waals surface area (Å²) in [6.45, 7) is 11.3. The Bertz CT molecular complexity index is 1290. The number of carboxylic acid groups (broad SMARTS) is 1. The Labute approximate surface area is 356 Å². The monoisotopic (exact) mass is 857 g/mol. The molecule has 0 bridgehead atoms. The van der Waals surface area contributed by atoms with Gasteiger partial charge < -0.3 is 76.7 Å². The fourth-order valence-electron chi connectivity index (χ4n) is 5.03. The van der Waals surface area contributed by atoms with Crippen molar-refractivity contribution in [3.63, 3.8) is 0 Å². The lowest BCUT2D eigenvalue weighted by Gasteiger charge is -2.18. The predicted molar refractivity (Wildman–Crippen MR) is 224 cm³/mol. The van der Waals surface area contributed by atoms with Gasteiger partial charge in [-0.05, 0) is 49.4 Å². The van der Waals surface area contributed by atoms with Crippen molar-refractivity contribution in [2.75, 3.05) is 172 Å². The third-order valence-electron chi connectivity index (χ3n) is 8.25. The van der Waals surface area contributed by atoms with Gasteiger partial charge in [0.1, 0.15) is 29.4 Å². The van der Waals surface area contributed by atoms with Crippen LogP contribution in [-0.2, 0) is 58.7 Å². The van der Waals surface area contributed by atoms with E-state index >= 15 is 0 Å². The summed E-state index contributed by atoms with van der Waals surface area (Å²) in [5.41, 5.74) is 1.55. The molecule has 0 unspecified atom stereocenters. The van der Waals surface area contributed by atoms with Crippen molar-refractivity contribution in [1.29, 1.82) is 0 Å². The SMILES string of the molecule is COCCOCCOCCOCCCCOc1cc(OCCCCOCCOCCOCCOC)c(C(=O)O)cc1NCc1ccc(OCCOCCOCCOC)cc1. The van der Waals surface area contributed by atoms with Crippen molar-refractivity contribution in [3.05, 3.63) is 47.5 Å². The summed E-state index contributed by atoms with van der Waals surface area (Å²) in [4.78, 5) is 12.4. The first-order valence-electron chi connectivity index (χ1n) is 20.8. The number of unbranched alkanes of at least 4 members (excludes halogenated alkanes) is 2. The van der Waals surface area contributed by atoms with E-state index in [1.165, 1.54) is 0 Å². The third kappa shape index (κ3) is 28.2. The maximum atomic E-state index is 12.4. The number of rotatable bonds is 44. The van der Waals surface area contributed by atoms with Crippen LogP contribution in [0.15, 0.2) is 36.4 Å². The summed E-state index contributed by atoms with van der Waals surface area (Å²) in [7, 11) is 4.90. The predicted octanol–water partition coefficient (Wildman–Crippen LogP) is 4.77. The first kappa shape index (κ1) is 52.8. The highest BCUT2D eigenvalue weighted by Crippen LogP contribution is 2.34. The highest BCUT2D eigenvalue weighted by Gasteiger charge is 2.18. The van der Waals surface area contributed by atoms with E-state index in [4.69, 9.17) is 66.3 Å². The highest BCUT2D eigenvalue weighted by molar-refractivity contribution is 5.93. The van der Waals surface area contributed by atoms with Crippen molar-refractivity contribution in [2.24, 2.45) is 0 Å². The number of ether oxygens (including phenoxy) is 14. The molecule has 60 heavy (non-hydrogen) atoms. The standard InChI is InChI=1S/C43H71NO16/c1-47-16-19-52-26-29-55-24-22-50-12-4-6-14-59-41-35-42(60-15-7-5-13-51-23-25-56-30-27-53-20-17-48-2)40(34-39(41)43(45)46)44-36-37-8-10-38(11-9-37)58-33-32-57-31-28-54-21-18-49-3/h8-11,34-35,44H,4-7,12-33,36H2,1-3H3,(H,45,46). The second kappa shape index (κ2) is 38.6. The van der Waals surface area contributed by atoms with Crippen LogP contribution in [0.5, 0.6) is 17.2 Å². The third-order valence-corrected chi connectivity index (χ3v) is 8.25. The zero-order chi connectivity index (χ0) is 43.0. The van der Waals surface area contributed by atoms with Gasteiger partial charge in [0.2, 0.25) is 0 Å². The maximum Gasteiger partial charge on any atom is 0.339 e. The minimum Gasteiger partial charge on any atom is -0.493 e. The van der Waals surface area contributed by atoms with E-state index in [2.05, 4.69) is 5.32 Å². The second-order valence-corrected chi connectivity index (χ2v) is 13.0. The van der Waals surface area contributed by atoms with Crippen molar-refractivity contribution in [1.82, 2.24) is 0 Å². The molecular weight excluding hydrogens is 786 g/mol. The Morgan fingerprint density at radius 1 is 0.450 bits per heavy atom. The lowest BCUT2D eigenvalue weighted by molar-refractivity contribution is 0.00303. The number of anilines is 1. The molecule has 2 aromatic carbocycles. The molecule has 344 valence electrons. The van der Waals surface area contributed by atoms with Gasteiger partial charge >= 0.3 is 5.97 Å². The Hall–Kier alpha value is -3.33. The van der Waals surface area contributed by atoms with E-state index in [1.54, 1.807) is 33.5 Å². The summed E-state index contributed by atoms with van der Waals surface area (Å²) < 4.78 is 76.9. The Balaban J connectivity index is 1.85. The van der Waals surface area contributed by atoms with Crippen LogP contribution in [-0.4, -0.2) is 178 Å².